The Labute approximate surface area is 128 Å². The number of hydrogen-bond donors (Lipinski definition) is 2. The van der Waals surface area contributed by atoms with Crippen molar-refractivity contribution in [3.05, 3.63) is 29.8 Å². The summed E-state index contributed by atoms with van der Waals surface area (Å²) in [7, 11) is 0. The quantitative estimate of drug-likeness (QED) is 0.692. The Bertz CT molecular complexity index is 409. The van der Waals surface area contributed by atoms with Crippen LogP contribution in [0.15, 0.2) is 24.3 Å². The Kier molecular flexibility index (Phi) is 7.83. The molecule has 0 saturated heterocycles. The molecule has 0 heterocycles. The van der Waals surface area contributed by atoms with Crippen LogP contribution in [0.5, 0.6) is 0 Å². The first-order chi connectivity index (χ1) is 10.1. The first-order valence-corrected chi connectivity index (χ1v) is 7.90. The predicted molar refractivity (Wildman–Crippen MR) is 87.7 cm³/mol. The molecule has 0 saturated carbocycles. The van der Waals surface area contributed by atoms with Crippen molar-refractivity contribution < 1.29 is 9.90 Å². The highest BCUT2D eigenvalue weighted by molar-refractivity contribution is 5.68. The van der Waals surface area contributed by atoms with Crippen molar-refractivity contribution in [2.24, 2.45) is 5.73 Å². The topological polar surface area (TPSA) is 66.6 Å². The Hall–Kier alpha value is -1.55. The fraction of sp³-hybridized carbons (Fsp3) is 0.588. The van der Waals surface area contributed by atoms with Gasteiger partial charge in [0.15, 0.2) is 0 Å². The molecule has 118 valence electrons. The van der Waals surface area contributed by atoms with Crippen molar-refractivity contribution in [2.75, 3.05) is 18.0 Å². The van der Waals surface area contributed by atoms with Gasteiger partial charge in [0.2, 0.25) is 0 Å². The molecule has 0 bridgehead atoms. The predicted octanol–water partition coefficient (Wildman–Crippen LogP) is 3.57. The zero-order chi connectivity index (χ0) is 15.7. The number of carbonyl (C=O) groups is 1. The van der Waals surface area contributed by atoms with Crippen LogP contribution in [0.3, 0.4) is 0 Å². The molecule has 1 aromatic rings. The van der Waals surface area contributed by atoms with Crippen molar-refractivity contribution in [1.29, 1.82) is 0 Å². The summed E-state index contributed by atoms with van der Waals surface area (Å²) in [5.74, 6) is -0.862. The molecule has 0 spiro atoms. The van der Waals surface area contributed by atoms with E-state index in [1.54, 1.807) is 0 Å². The zero-order valence-electron chi connectivity index (χ0n) is 13.2. The molecule has 0 radical (unpaired) electrons. The van der Waals surface area contributed by atoms with Crippen molar-refractivity contribution in [2.45, 2.75) is 52.0 Å². The number of benzene rings is 1. The summed E-state index contributed by atoms with van der Waals surface area (Å²) in [6.07, 6.45) is 4.71. The lowest BCUT2D eigenvalue weighted by Gasteiger charge is -2.25. The van der Waals surface area contributed by atoms with Crippen LogP contribution < -0.4 is 10.6 Å². The number of nitrogens with zero attached hydrogens (tertiary/aromatic N) is 1. The number of carboxylic acids is 1. The minimum Gasteiger partial charge on any atom is -0.481 e. The third-order valence-corrected chi connectivity index (χ3v) is 3.64. The van der Waals surface area contributed by atoms with Gasteiger partial charge in [-0.3, -0.25) is 4.79 Å². The maximum atomic E-state index is 10.7. The van der Waals surface area contributed by atoms with Crippen LogP contribution in [0.25, 0.3) is 0 Å². The van der Waals surface area contributed by atoms with Crippen LogP contribution in [0.2, 0.25) is 0 Å². The maximum Gasteiger partial charge on any atom is 0.305 e. The summed E-state index contributed by atoms with van der Waals surface area (Å²) >= 11 is 0. The molecular weight excluding hydrogens is 264 g/mol. The van der Waals surface area contributed by atoms with Crippen LogP contribution in [-0.2, 0) is 4.79 Å². The van der Waals surface area contributed by atoms with Gasteiger partial charge < -0.3 is 15.7 Å². The molecule has 4 nitrogen and oxygen atoms in total. The van der Waals surface area contributed by atoms with E-state index in [4.69, 9.17) is 10.8 Å². The van der Waals surface area contributed by atoms with E-state index in [0.717, 1.165) is 18.7 Å². The van der Waals surface area contributed by atoms with E-state index >= 15 is 0 Å². The molecule has 0 amide bonds. The van der Waals surface area contributed by atoms with Gasteiger partial charge in [0, 0.05) is 24.8 Å². The van der Waals surface area contributed by atoms with Gasteiger partial charge in [0.05, 0.1) is 6.42 Å². The highest BCUT2D eigenvalue weighted by atomic mass is 16.4. The smallest absolute Gasteiger partial charge is 0.305 e. The van der Waals surface area contributed by atoms with E-state index in [0.29, 0.717) is 0 Å². The summed E-state index contributed by atoms with van der Waals surface area (Å²) in [4.78, 5) is 13.1. The van der Waals surface area contributed by atoms with E-state index in [2.05, 4.69) is 30.9 Å². The number of carboxylic acid groups (broad SMARTS) is 1. The second-order valence-corrected chi connectivity index (χ2v) is 5.49. The lowest BCUT2D eigenvalue weighted by atomic mass is 10.0. The molecule has 0 aliphatic carbocycles. The largest absolute Gasteiger partial charge is 0.481 e. The normalized spacial score (nSPS) is 12.1. The van der Waals surface area contributed by atoms with Gasteiger partial charge in [-0.1, -0.05) is 38.8 Å². The number of anilines is 1. The number of nitrogens with two attached hydrogens (primary N) is 1. The summed E-state index contributed by atoms with van der Waals surface area (Å²) < 4.78 is 0. The van der Waals surface area contributed by atoms with Gasteiger partial charge in [-0.2, -0.15) is 0 Å². The SMILES string of the molecule is CCCCN(CCCC)c1ccc(C(N)CC(=O)O)cc1. The van der Waals surface area contributed by atoms with Gasteiger partial charge in [0.1, 0.15) is 0 Å². The number of aliphatic carboxylic acids is 1. The molecular formula is C17H28N2O2. The standard InChI is InChI=1S/C17H28N2O2/c1-3-5-11-19(12-6-4-2)15-9-7-14(8-10-15)16(18)13-17(20)21/h7-10,16H,3-6,11-13,18H2,1-2H3,(H,20,21). The van der Waals surface area contributed by atoms with E-state index in [9.17, 15) is 4.79 Å². The van der Waals surface area contributed by atoms with E-state index < -0.39 is 12.0 Å². The highest BCUT2D eigenvalue weighted by Crippen LogP contribution is 2.21. The van der Waals surface area contributed by atoms with Crippen LogP contribution in [0, 0.1) is 0 Å². The molecule has 0 aliphatic heterocycles. The highest BCUT2D eigenvalue weighted by Gasteiger charge is 2.11. The molecule has 1 rings (SSSR count). The van der Waals surface area contributed by atoms with Gasteiger partial charge in [-0.05, 0) is 30.5 Å². The second kappa shape index (κ2) is 9.40. The van der Waals surface area contributed by atoms with Crippen LogP contribution >= 0.6 is 0 Å². The first kappa shape index (κ1) is 17.5. The fourth-order valence-electron chi connectivity index (χ4n) is 2.31. The molecule has 0 fully saturated rings. The summed E-state index contributed by atoms with van der Waals surface area (Å²) in [6, 6.07) is 7.59. The number of hydrogen-bond acceptors (Lipinski definition) is 3. The lowest BCUT2D eigenvalue weighted by molar-refractivity contribution is -0.137. The van der Waals surface area contributed by atoms with Gasteiger partial charge >= 0.3 is 5.97 Å². The maximum absolute atomic E-state index is 10.7. The third-order valence-electron chi connectivity index (χ3n) is 3.64. The lowest BCUT2D eigenvalue weighted by Crippen LogP contribution is -2.25. The Morgan fingerprint density at radius 1 is 1.14 bits per heavy atom. The van der Waals surface area contributed by atoms with E-state index in [-0.39, 0.29) is 6.42 Å². The molecule has 21 heavy (non-hydrogen) atoms. The van der Waals surface area contributed by atoms with Gasteiger partial charge in [-0.15, -0.1) is 0 Å². The zero-order valence-corrected chi connectivity index (χ0v) is 13.2. The fourth-order valence-corrected chi connectivity index (χ4v) is 2.31. The monoisotopic (exact) mass is 292 g/mol. The van der Waals surface area contributed by atoms with Gasteiger partial charge in [0.25, 0.3) is 0 Å². The molecule has 0 aliphatic rings. The number of unbranched alkanes of at least 4 members (excludes halogenated alkanes) is 2. The average molecular weight is 292 g/mol. The molecule has 1 aromatic carbocycles. The van der Waals surface area contributed by atoms with Crippen molar-refractivity contribution in [1.82, 2.24) is 0 Å². The first-order valence-electron chi connectivity index (χ1n) is 7.90. The average Bonchev–Trinajstić information content (AvgIpc) is 2.47. The van der Waals surface area contributed by atoms with E-state index in [1.807, 2.05) is 12.1 Å². The molecule has 4 heteroatoms. The van der Waals surface area contributed by atoms with Crippen molar-refractivity contribution in [3.8, 4) is 0 Å². The Morgan fingerprint density at radius 3 is 2.10 bits per heavy atom. The van der Waals surface area contributed by atoms with Crippen molar-refractivity contribution >= 4 is 11.7 Å². The summed E-state index contributed by atoms with van der Waals surface area (Å²) in [6.45, 7) is 6.53. The van der Waals surface area contributed by atoms with Gasteiger partial charge in [-0.25, -0.2) is 0 Å². The van der Waals surface area contributed by atoms with Crippen LogP contribution in [0.1, 0.15) is 57.6 Å². The van der Waals surface area contributed by atoms with E-state index in [1.165, 1.54) is 31.4 Å². The second-order valence-electron chi connectivity index (χ2n) is 5.49. The third kappa shape index (κ3) is 6.17. The van der Waals surface area contributed by atoms with Crippen LogP contribution in [0.4, 0.5) is 5.69 Å². The van der Waals surface area contributed by atoms with Crippen molar-refractivity contribution in [3.63, 3.8) is 0 Å². The molecule has 1 unspecified atom stereocenters. The minimum atomic E-state index is -0.862. The Balaban J connectivity index is 2.73. The number of rotatable bonds is 10. The molecule has 0 aromatic heterocycles. The molecule has 3 N–H and O–H groups in total. The Morgan fingerprint density at radius 2 is 1.67 bits per heavy atom. The minimum absolute atomic E-state index is 0.0330. The summed E-state index contributed by atoms with van der Waals surface area (Å²) in [5, 5.41) is 8.79. The summed E-state index contributed by atoms with van der Waals surface area (Å²) in [5.41, 5.74) is 7.97. The molecule has 1 atom stereocenters. The van der Waals surface area contributed by atoms with Crippen LogP contribution in [-0.4, -0.2) is 24.2 Å².